The van der Waals surface area contributed by atoms with Gasteiger partial charge >= 0.3 is 0 Å². The molecule has 0 bridgehead atoms. The minimum Gasteiger partial charge on any atom is -0.305 e. The predicted molar refractivity (Wildman–Crippen MR) is 45.3 cm³/mol. The molecule has 0 saturated heterocycles. The second-order valence-electron chi connectivity index (χ2n) is 2.10. The number of hydrogen-bond acceptors (Lipinski definition) is 4. The Labute approximate surface area is 70.4 Å². The fraction of sp³-hybridized carbons (Fsp3) is 0.571. The molecule has 0 saturated carbocycles. The van der Waals surface area contributed by atoms with Gasteiger partial charge in [0.2, 0.25) is 0 Å². The summed E-state index contributed by atoms with van der Waals surface area (Å²) < 4.78 is 0. The number of hydrogen-bond donors (Lipinski definition) is 1. The third-order valence-electron chi connectivity index (χ3n) is 1.29. The summed E-state index contributed by atoms with van der Waals surface area (Å²) in [6.45, 7) is 2.85. The van der Waals surface area contributed by atoms with Crippen molar-refractivity contribution in [2.45, 2.75) is 19.9 Å². The second-order valence-corrected chi connectivity index (χ2v) is 3.30. The first kappa shape index (κ1) is 8.64. The van der Waals surface area contributed by atoms with Gasteiger partial charge in [0, 0.05) is 11.1 Å². The van der Waals surface area contributed by atoms with E-state index in [1.165, 1.54) is 9.88 Å². The zero-order chi connectivity index (χ0) is 8.10. The minimum absolute atomic E-state index is 0.744. The van der Waals surface area contributed by atoms with Gasteiger partial charge in [-0.3, -0.25) is 0 Å². The highest BCUT2D eigenvalue weighted by molar-refractivity contribution is 7.11. The summed E-state index contributed by atoms with van der Waals surface area (Å²) in [6, 6.07) is 0. The highest BCUT2D eigenvalue weighted by Gasteiger charge is 1.97. The molecule has 0 radical (unpaired) electrons. The lowest BCUT2D eigenvalue weighted by Gasteiger charge is -1.95. The quantitative estimate of drug-likeness (QED) is 0.696. The zero-order valence-electron chi connectivity index (χ0n) is 6.76. The molecule has 1 N–H and O–H groups in total. The Hall–Kier alpha value is -0.450. The molecular weight excluding hydrogens is 160 g/mol. The molecule has 3 nitrogen and oxygen atoms in total. The van der Waals surface area contributed by atoms with Gasteiger partial charge in [-0.25, -0.2) is 4.98 Å². The van der Waals surface area contributed by atoms with Crippen LogP contribution in [0.25, 0.3) is 0 Å². The largest absolute Gasteiger partial charge is 0.305 e. The topological polar surface area (TPSA) is 34.2 Å². The molecule has 0 aliphatic heterocycles. The summed E-state index contributed by atoms with van der Waals surface area (Å²) in [5.41, 5.74) is 2.77. The number of hydroxylamine groups is 1. The first-order valence-corrected chi connectivity index (χ1v) is 4.38. The van der Waals surface area contributed by atoms with E-state index in [1.54, 1.807) is 18.4 Å². The lowest BCUT2D eigenvalue weighted by Crippen LogP contribution is -2.09. The van der Waals surface area contributed by atoms with Crippen LogP contribution >= 0.6 is 11.3 Å². The highest BCUT2D eigenvalue weighted by Crippen LogP contribution is 2.12. The van der Waals surface area contributed by atoms with E-state index in [0.717, 1.165) is 13.0 Å². The molecule has 1 rings (SSSR count). The van der Waals surface area contributed by atoms with Crippen LogP contribution in [0.15, 0.2) is 6.20 Å². The van der Waals surface area contributed by atoms with Gasteiger partial charge in [0.25, 0.3) is 0 Å². The molecule has 0 amide bonds. The van der Waals surface area contributed by atoms with E-state index in [1.807, 2.05) is 6.20 Å². The number of nitrogens with zero attached hydrogens (tertiary/aromatic N) is 1. The molecule has 0 unspecified atom stereocenters. The van der Waals surface area contributed by atoms with Crippen molar-refractivity contribution in [3.8, 4) is 0 Å². The smallest absolute Gasteiger partial charge is 0.0925 e. The molecule has 1 heterocycles. The van der Waals surface area contributed by atoms with Gasteiger partial charge in [-0.1, -0.05) is 6.92 Å². The van der Waals surface area contributed by atoms with Gasteiger partial charge in [-0.05, 0) is 6.42 Å². The van der Waals surface area contributed by atoms with Crippen molar-refractivity contribution in [3.63, 3.8) is 0 Å². The van der Waals surface area contributed by atoms with Crippen LogP contribution in [0.1, 0.15) is 16.8 Å². The Morgan fingerprint density at radius 1 is 1.73 bits per heavy atom. The Morgan fingerprint density at radius 2 is 2.55 bits per heavy atom. The predicted octanol–water partition coefficient (Wildman–Crippen LogP) is 1.36. The van der Waals surface area contributed by atoms with Crippen LogP contribution in [-0.2, 0) is 17.8 Å². The van der Waals surface area contributed by atoms with Gasteiger partial charge in [-0.2, -0.15) is 5.48 Å². The monoisotopic (exact) mass is 172 g/mol. The van der Waals surface area contributed by atoms with Crippen LogP contribution in [0.3, 0.4) is 0 Å². The maximum absolute atomic E-state index is 4.72. The van der Waals surface area contributed by atoms with Gasteiger partial charge in [-0.15, -0.1) is 11.3 Å². The second kappa shape index (κ2) is 4.43. The van der Waals surface area contributed by atoms with Crippen LogP contribution in [-0.4, -0.2) is 12.1 Å². The van der Waals surface area contributed by atoms with Crippen molar-refractivity contribution in [2.24, 2.45) is 0 Å². The van der Waals surface area contributed by atoms with Crippen LogP contribution in [0, 0.1) is 0 Å². The van der Waals surface area contributed by atoms with Crippen molar-refractivity contribution >= 4 is 11.3 Å². The highest BCUT2D eigenvalue weighted by atomic mass is 32.1. The molecule has 62 valence electrons. The molecule has 4 heteroatoms. The summed E-state index contributed by atoms with van der Waals surface area (Å²) in [5, 5.41) is 1.18. The zero-order valence-corrected chi connectivity index (χ0v) is 7.57. The van der Waals surface area contributed by atoms with Gasteiger partial charge in [0.15, 0.2) is 0 Å². The van der Waals surface area contributed by atoms with E-state index in [0.29, 0.717) is 0 Å². The standard InChI is InChI=1S/C7H12N2OS/c1-3-7-8-4-6(11-7)5-9-10-2/h4,9H,3,5H2,1-2H3. The average molecular weight is 172 g/mol. The van der Waals surface area contributed by atoms with E-state index in [-0.39, 0.29) is 0 Å². The molecule has 0 fully saturated rings. The summed E-state index contributed by atoms with van der Waals surface area (Å²) in [7, 11) is 1.61. The Balaban J connectivity index is 2.44. The molecule has 0 atom stereocenters. The number of thiazole rings is 1. The molecular formula is C7H12N2OS. The Morgan fingerprint density at radius 3 is 3.09 bits per heavy atom. The number of rotatable bonds is 4. The fourth-order valence-corrected chi connectivity index (χ4v) is 1.53. The van der Waals surface area contributed by atoms with Gasteiger partial charge in [0.1, 0.15) is 0 Å². The molecule has 1 aromatic heterocycles. The maximum atomic E-state index is 4.72. The lowest BCUT2D eigenvalue weighted by molar-refractivity contribution is 0.0874. The van der Waals surface area contributed by atoms with Gasteiger partial charge in [0.05, 0.1) is 18.7 Å². The van der Waals surface area contributed by atoms with E-state index >= 15 is 0 Å². The summed E-state index contributed by atoms with van der Waals surface area (Å²) in [6.07, 6.45) is 2.90. The maximum Gasteiger partial charge on any atom is 0.0925 e. The summed E-state index contributed by atoms with van der Waals surface area (Å²) in [4.78, 5) is 10.1. The Kier molecular flexibility index (Phi) is 3.48. The summed E-state index contributed by atoms with van der Waals surface area (Å²) in [5.74, 6) is 0. The normalized spacial score (nSPS) is 10.4. The SMILES string of the molecule is CCc1ncc(CNOC)s1. The first-order chi connectivity index (χ1) is 5.36. The van der Waals surface area contributed by atoms with Crippen molar-refractivity contribution in [1.82, 2.24) is 10.5 Å². The van der Waals surface area contributed by atoms with E-state index in [2.05, 4.69) is 17.4 Å². The fourth-order valence-electron chi connectivity index (χ4n) is 0.737. The van der Waals surface area contributed by atoms with E-state index < -0.39 is 0 Å². The molecule has 0 aliphatic carbocycles. The molecule has 0 aliphatic rings. The number of nitrogens with one attached hydrogen (secondary N) is 1. The first-order valence-electron chi connectivity index (χ1n) is 3.56. The molecule has 0 spiro atoms. The van der Waals surface area contributed by atoms with Crippen molar-refractivity contribution in [1.29, 1.82) is 0 Å². The lowest BCUT2D eigenvalue weighted by atomic mass is 10.5. The molecule has 11 heavy (non-hydrogen) atoms. The Bertz CT molecular complexity index is 212. The number of aromatic nitrogens is 1. The van der Waals surface area contributed by atoms with E-state index in [9.17, 15) is 0 Å². The molecule has 1 aromatic rings. The third-order valence-corrected chi connectivity index (χ3v) is 2.44. The van der Waals surface area contributed by atoms with Crippen molar-refractivity contribution in [2.75, 3.05) is 7.11 Å². The van der Waals surface area contributed by atoms with Crippen LogP contribution in [0.2, 0.25) is 0 Å². The average Bonchev–Trinajstić information content (AvgIpc) is 2.48. The van der Waals surface area contributed by atoms with Gasteiger partial charge < -0.3 is 4.84 Å². The van der Waals surface area contributed by atoms with Crippen LogP contribution < -0.4 is 5.48 Å². The third kappa shape index (κ3) is 2.57. The van der Waals surface area contributed by atoms with Crippen LogP contribution in [0.5, 0.6) is 0 Å². The summed E-state index contributed by atoms with van der Waals surface area (Å²) >= 11 is 1.72. The van der Waals surface area contributed by atoms with Crippen LogP contribution in [0.4, 0.5) is 0 Å². The van der Waals surface area contributed by atoms with Crippen molar-refractivity contribution in [3.05, 3.63) is 16.1 Å². The minimum atomic E-state index is 0.744. The number of aryl methyl sites for hydroxylation is 1. The van der Waals surface area contributed by atoms with Crippen molar-refractivity contribution < 1.29 is 4.84 Å². The molecule has 0 aromatic carbocycles. The van der Waals surface area contributed by atoms with E-state index in [4.69, 9.17) is 4.84 Å².